The Morgan fingerprint density at radius 1 is 1.21 bits per heavy atom. The predicted molar refractivity (Wildman–Crippen MR) is 99.1 cm³/mol. The summed E-state index contributed by atoms with van der Waals surface area (Å²) in [6, 6.07) is 10.5. The Hall–Kier alpha value is -1.01. The number of hydrogen-bond donors (Lipinski definition) is 1. The first kappa shape index (κ1) is 17.8. The molecule has 6 heteroatoms. The number of hydrogen-bond acceptors (Lipinski definition) is 4. The Morgan fingerprint density at radius 3 is 2.54 bits per heavy atom. The molecule has 1 heterocycles. The van der Waals surface area contributed by atoms with Crippen LogP contribution in [0.3, 0.4) is 0 Å². The summed E-state index contributed by atoms with van der Waals surface area (Å²) in [7, 11) is -2.87. The number of sulfone groups is 1. The highest BCUT2D eigenvalue weighted by Gasteiger charge is 2.36. The second-order valence-corrected chi connectivity index (χ2v) is 10.5. The van der Waals surface area contributed by atoms with Crippen LogP contribution in [0.4, 0.5) is 0 Å². The van der Waals surface area contributed by atoms with E-state index in [0.717, 1.165) is 12.8 Å². The van der Waals surface area contributed by atoms with Gasteiger partial charge in [0.1, 0.15) is 0 Å². The van der Waals surface area contributed by atoms with Crippen LogP contribution in [-0.4, -0.2) is 43.4 Å². The Bertz CT molecular complexity index is 667. The maximum Gasteiger partial charge on any atom is 0.230 e. The molecule has 1 aliphatic heterocycles. The minimum atomic E-state index is -2.87. The van der Waals surface area contributed by atoms with E-state index in [1.54, 1.807) is 0 Å². The highest BCUT2D eigenvalue weighted by Crippen LogP contribution is 2.40. The Labute approximate surface area is 148 Å². The van der Waals surface area contributed by atoms with Crippen molar-refractivity contribution < 1.29 is 13.2 Å². The quantitative estimate of drug-likeness (QED) is 0.839. The molecule has 0 bridgehead atoms. The molecule has 2 fully saturated rings. The van der Waals surface area contributed by atoms with Crippen LogP contribution >= 0.6 is 11.8 Å². The van der Waals surface area contributed by atoms with Crippen molar-refractivity contribution in [2.75, 3.05) is 23.8 Å². The number of thioether (sulfide) groups is 1. The normalized spacial score (nSPS) is 24.8. The van der Waals surface area contributed by atoms with Crippen molar-refractivity contribution >= 4 is 27.5 Å². The van der Waals surface area contributed by atoms with Crippen molar-refractivity contribution in [3.8, 4) is 0 Å². The van der Waals surface area contributed by atoms with Gasteiger partial charge in [0.25, 0.3) is 0 Å². The Morgan fingerprint density at radius 2 is 1.92 bits per heavy atom. The van der Waals surface area contributed by atoms with Gasteiger partial charge in [0.05, 0.1) is 17.3 Å². The van der Waals surface area contributed by atoms with Crippen molar-refractivity contribution in [3.05, 3.63) is 35.9 Å². The third-order valence-corrected chi connectivity index (χ3v) is 8.49. The summed E-state index contributed by atoms with van der Waals surface area (Å²) in [5.41, 5.74) is 1.38. The van der Waals surface area contributed by atoms with Gasteiger partial charge in [-0.15, -0.1) is 11.8 Å². The van der Waals surface area contributed by atoms with Gasteiger partial charge in [0, 0.05) is 17.2 Å². The van der Waals surface area contributed by atoms with Gasteiger partial charge in [0.15, 0.2) is 9.84 Å². The molecule has 1 aromatic rings. The monoisotopic (exact) mass is 367 g/mol. The van der Waals surface area contributed by atoms with Crippen molar-refractivity contribution in [3.63, 3.8) is 0 Å². The van der Waals surface area contributed by atoms with E-state index in [1.807, 2.05) is 6.07 Å². The molecule has 1 saturated heterocycles. The first-order valence-corrected chi connectivity index (χ1v) is 11.5. The lowest BCUT2D eigenvalue weighted by molar-refractivity contribution is -0.118. The van der Waals surface area contributed by atoms with E-state index in [2.05, 4.69) is 29.6 Å². The van der Waals surface area contributed by atoms with Gasteiger partial charge in [-0.25, -0.2) is 8.42 Å². The lowest BCUT2D eigenvalue weighted by atomic mass is 9.79. The van der Waals surface area contributed by atoms with Crippen LogP contribution in [0.2, 0.25) is 0 Å². The number of amides is 1. The minimum absolute atomic E-state index is 0.0199. The highest BCUT2D eigenvalue weighted by molar-refractivity contribution is 8.02. The largest absolute Gasteiger partial charge is 0.354 e. The standard InChI is InChI=1S/C18H25NO3S2/c20-17(12-23-16-8-11-24(21,22)13-16)19-14-18(9-4-5-10-18)15-6-2-1-3-7-15/h1-3,6-7,16H,4-5,8-14H2,(H,19,20). The zero-order valence-electron chi connectivity index (χ0n) is 13.9. The minimum Gasteiger partial charge on any atom is -0.354 e. The molecule has 1 atom stereocenters. The van der Waals surface area contributed by atoms with E-state index >= 15 is 0 Å². The lowest BCUT2D eigenvalue weighted by Crippen LogP contribution is -2.39. The van der Waals surface area contributed by atoms with Gasteiger partial charge < -0.3 is 5.32 Å². The van der Waals surface area contributed by atoms with E-state index in [1.165, 1.54) is 30.2 Å². The highest BCUT2D eigenvalue weighted by atomic mass is 32.2. The number of carbonyl (C=O) groups is 1. The van der Waals surface area contributed by atoms with Crippen LogP contribution < -0.4 is 5.32 Å². The Balaban J connectivity index is 1.51. The lowest BCUT2D eigenvalue weighted by Gasteiger charge is -2.30. The SMILES string of the molecule is O=C(CSC1CCS(=O)(=O)C1)NCC1(c2ccccc2)CCCC1. The van der Waals surface area contributed by atoms with E-state index < -0.39 is 9.84 Å². The summed E-state index contributed by atoms with van der Waals surface area (Å²) in [4.78, 5) is 12.2. The second kappa shape index (κ2) is 7.48. The average molecular weight is 368 g/mol. The summed E-state index contributed by atoms with van der Waals surface area (Å²) >= 11 is 1.48. The second-order valence-electron chi connectivity index (χ2n) is 6.97. The van der Waals surface area contributed by atoms with E-state index in [-0.39, 0.29) is 28.1 Å². The number of carbonyl (C=O) groups excluding carboxylic acids is 1. The van der Waals surface area contributed by atoms with Gasteiger partial charge in [-0.1, -0.05) is 43.2 Å². The number of nitrogens with one attached hydrogen (secondary N) is 1. The fourth-order valence-electron chi connectivity index (χ4n) is 3.82. The van der Waals surface area contributed by atoms with Crippen LogP contribution in [0, 0.1) is 0 Å². The Kier molecular flexibility index (Phi) is 5.55. The molecule has 0 spiro atoms. The fourth-order valence-corrected chi connectivity index (χ4v) is 7.29. The number of benzene rings is 1. The maximum absolute atomic E-state index is 12.2. The smallest absolute Gasteiger partial charge is 0.230 e. The third-order valence-electron chi connectivity index (χ3n) is 5.21. The van der Waals surface area contributed by atoms with Crippen LogP contribution in [0.5, 0.6) is 0 Å². The van der Waals surface area contributed by atoms with E-state index in [0.29, 0.717) is 18.7 Å². The topological polar surface area (TPSA) is 63.2 Å². The van der Waals surface area contributed by atoms with Crippen molar-refractivity contribution in [1.82, 2.24) is 5.32 Å². The summed E-state index contributed by atoms with van der Waals surface area (Å²) in [5.74, 6) is 0.861. The molecule has 1 saturated carbocycles. The molecule has 1 amide bonds. The molecule has 1 aliphatic carbocycles. The van der Waals surface area contributed by atoms with Crippen LogP contribution in [-0.2, 0) is 20.0 Å². The molecule has 3 rings (SSSR count). The molecular formula is C18H25NO3S2. The zero-order chi connectivity index (χ0) is 17.0. The van der Waals surface area contributed by atoms with E-state index in [9.17, 15) is 13.2 Å². The van der Waals surface area contributed by atoms with Gasteiger partial charge in [-0.2, -0.15) is 0 Å². The van der Waals surface area contributed by atoms with Gasteiger partial charge in [-0.05, 0) is 24.8 Å². The first-order valence-electron chi connectivity index (χ1n) is 8.63. The summed E-state index contributed by atoms with van der Waals surface area (Å²) in [6.45, 7) is 0.680. The molecule has 1 unspecified atom stereocenters. The summed E-state index contributed by atoms with van der Waals surface area (Å²) in [5, 5.41) is 3.18. The molecule has 0 radical (unpaired) electrons. The summed E-state index contributed by atoms with van der Waals surface area (Å²) < 4.78 is 22.9. The number of rotatable bonds is 6. The maximum atomic E-state index is 12.2. The average Bonchev–Trinajstić information content (AvgIpc) is 3.19. The van der Waals surface area contributed by atoms with Crippen molar-refractivity contribution in [1.29, 1.82) is 0 Å². The molecule has 1 N–H and O–H groups in total. The predicted octanol–water partition coefficient (Wildman–Crippen LogP) is 2.53. The fraction of sp³-hybridized carbons (Fsp3) is 0.611. The molecule has 2 aliphatic rings. The van der Waals surface area contributed by atoms with Gasteiger partial charge in [-0.3, -0.25) is 4.79 Å². The van der Waals surface area contributed by atoms with Crippen molar-refractivity contribution in [2.45, 2.75) is 42.8 Å². The van der Waals surface area contributed by atoms with Gasteiger partial charge in [0.2, 0.25) is 5.91 Å². The summed E-state index contributed by atoms with van der Waals surface area (Å²) in [6.07, 6.45) is 5.32. The van der Waals surface area contributed by atoms with Crippen LogP contribution in [0.25, 0.3) is 0 Å². The van der Waals surface area contributed by atoms with Crippen LogP contribution in [0.15, 0.2) is 30.3 Å². The van der Waals surface area contributed by atoms with Gasteiger partial charge >= 0.3 is 0 Å². The molecule has 1 aromatic carbocycles. The van der Waals surface area contributed by atoms with Crippen molar-refractivity contribution in [2.24, 2.45) is 0 Å². The molecule has 132 valence electrons. The van der Waals surface area contributed by atoms with E-state index in [4.69, 9.17) is 0 Å². The van der Waals surface area contributed by atoms with Crippen LogP contribution in [0.1, 0.15) is 37.7 Å². The third kappa shape index (κ3) is 4.33. The molecule has 4 nitrogen and oxygen atoms in total. The molecule has 24 heavy (non-hydrogen) atoms. The molecule has 0 aromatic heterocycles. The molecular weight excluding hydrogens is 342 g/mol. The zero-order valence-corrected chi connectivity index (χ0v) is 15.5. The first-order chi connectivity index (χ1) is 11.5.